The van der Waals surface area contributed by atoms with Crippen LogP contribution in [0.3, 0.4) is 0 Å². The molecular weight excluding hydrogens is 777 g/mol. The largest absolute Gasteiger partial charge is 0.309 e. The van der Waals surface area contributed by atoms with E-state index in [4.69, 9.17) is 0 Å². The molecule has 0 bridgehead atoms. The topological polar surface area (TPSA) is 9.86 Å². The van der Waals surface area contributed by atoms with Crippen molar-refractivity contribution in [3.8, 4) is 55.9 Å². The van der Waals surface area contributed by atoms with Gasteiger partial charge in [0.05, 0.1) is 22.1 Å². The van der Waals surface area contributed by atoms with Gasteiger partial charge in [-0.1, -0.05) is 164 Å². The molecule has 14 rings (SSSR count). The molecule has 2 nitrogen and oxygen atoms in total. The summed E-state index contributed by atoms with van der Waals surface area (Å²) in [7, 11) is -2.44. The number of para-hydroxylation sites is 3. The zero-order valence-electron chi connectivity index (χ0n) is 34.3. The number of benzene rings is 10. The van der Waals surface area contributed by atoms with Crippen molar-refractivity contribution in [2.75, 3.05) is 0 Å². The van der Waals surface area contributed by atoms with E-state index in [2.05, 4.69) is 240 Å². The Morgan fingerprint density at radius 1 is 0.238 bits per heavy atom. The highest BCUT2D eigenvalue weighted by molar-refractivity contribution is 7.24. The van der Waals surface area contributed by atoms with Gasteiger partial charge in [-0.3, -0.25) is 0 Å². The number of hydrogen-bond donors (Lipinski definition) is 0. The van der Waals surface area contributed by atoms with Crippen LogP contribution in [0.1, 0.15) is 0 Å². The first-order valence-corrected chi connectivity index (χ1v) is 23.9. The Bertz CT molecular complexity index is 3810. The van der Waals surface area contributed by atoms with E-state index in [1.165, 1.54) is 115 Å². The van der Waals surface area contributed by atoms with E-state index in [0.29, 0.717) is 0 Å². The molecule has 0 amide bonds. The zero-order valence-corrected chi connectivity index (χ0v) is 35.3. The first kappa shape index (κ1) is 34.7. The summed E-state index contributed by atoms with van der Waals surface area (Å²) in [6, 6.07) is 86.3. The molecule has 1 spiro atoms. The normalized spacial score (nSPS) is 13.2. The summed E-state index contributed by atoms with van der Waals surface area (Å²) in [5.41, 5.74) is 17.6. The second-order valence-corrected chi connectivity index (χ2v) is 20.9. The van der Waals surface area contributed by atoms with Crippen LogP contribution in [0.25, 0.3) is 99.5 Å². The number of hydrogen-bond acceptors (Lipinski definition) is 0. The van der Waals surface area contributed by atoms with E-state index in [-0.39, 0.29) is 0 Å². The number of nitrogens with zero attached hydrogens (tertiary/aromatic N) is 2. The van der Waals surface area contributed by atoms with Gasteiger partial charge in [0.2, 0.25) is 0 Å². The molecule has 0 saturated carbocycles. The van der Waals surface area contributed by atoms with Crippen LogP contribution in [0.15, 0.2) is 231 Å². The second kappa shape index (κ2) is 13.0. The highest BCUT2D eigenvalue weighted by Crippen LogP contribution is 2.40. The minimum atomic E-state index is -2.44. The lowest BCUT2D eigenvalue weighted by Gasteiger charge is -2.27. The predicted octanol–water partition coefficient (Wildman–Crippen LogP) is 12.6. The van der Waals surface area contributed by atoms with Crippen LogP contribution in [0, 0.1) is 0 Å². The van der Waals surface area contributed by atoms with Gasteiger partial charge in [0, 0.05) is 32.9 Å². The molecule has 3 heteroatoms. The molecule has 2 aromatic heterocycles. The highest BCUT2D eigenvalue weighted by Gasteiger charge is 2.53. The van der Waals surface area contributed by atoms with E-state index in [1.54, 1.807) is 0 Å². The van der Waals surface area contributed by atoms with Crippen LogP contribution in [-0.4, -0.2) is 17.2 Å². The van der Waals surface area contributed by atoms with E-state index < -0.39 is 8.07 Å². The van der Waals surface area contributed by atoms with Gasteiger partial charge in [0.15, 0.2) is 8.07 Å². The first-order valence-electron chi connectivity index (χ1n) is 21.9. The Labute approximate surface area is 366 Å². The van der Waals surface area contributed by atoms with Crippen molar-refractivity contribution in [2.24, 2.45) is 0 Å². The Morgan fingerprint density at radius 3 is 1.17 bits per heavy atom. The van der Waals surface area contributed by atoms with E-state index in [9.17, 15) is 0 Å². The van der Waals surface area contributed by atoms with Gasteiger partial charge in [-0.15, -0.1) is 0 Å². The maximum atomic E-state index is 2.47. The minimum absolute atomic E-state index is 1.16. The molecule has 0 atom stereocenters. The van der Waals surface area contributed by atoms with Gasteiger partial charge in [0.25, 0.3) is 0 Å². The minimum Gasteiger partial charge on any atom is -0.309 e. The third-order valence-electron chi connectivity index (χ3n) is 14.1. The van der Waals surface area contributed by atoms with Crippen LogP contribution in [0.4, 0.5) is 0 Å². The van der Waals surface area contributed by atoms with Gasteiger partial charge in [-0.05, 0) is 132 Å². The molecule has 2 aliphatic rings. The molecule has 0 aliphatic carbocycles. The van der Waals surface area contributed by atoms with Crippen molar-refractivity contribution in [3.63, 3.8) is 0 Å². The van der Waals surface area contributed by atoms with Gasteiger partial charge in [-0.25, -0.2) is 0 Å². The average molecular weight is 815 g/mol. The zero-order chi connectivity index (χ0) is 41.2. The Morgan fingerprint density at radius 2 is 0.619 bits per heavy atom. The van der Waals surface area contributed by atoms with Gasteiger partial charge in [0.1, 0.15) is 0 Å². The SMILES string of the molecule is c1ccc(-n2c3ccccc3c3cc(-c4ccc5c(c4)c4ccccc4n5-c4ccc(-c5ccc6c(c5)-c5ccccc5[Si]65c6ccccc6-c6ccccc65)cc4)ccc32)cc1. The number of fused-ring (bicyclic) bond motifs is 16. The van der Waals surface area contributed by atoms with E-state index in [1.807, 2.05) is 0 Å². The lowest BCUT2D eigenvalue weighted by Crippen LogP contribution is -2.70. The molecule has 0 fully saturated rings. The predicted molar refractivity (Wildman–Crippen MR) is 268 cm³/mol. The summed E-state index contributed by atoms with van der Waals surface area (Å²) in [5, 5.41) is 11.1. The molecule has 4 heterocycles. The summed E-state index contributed by atoms with van der Waals surface area (Å²) in [5.74, 6) is 0. The van der Waals surface area contributed by atoms with Gasteiger partial charge < -0.3 is 9.13 Å². The fourth-order valence-electron chi connectivity index (χ4n) is 11.5. The fraction of sp³-hybridized carbons (Fsp3) is 0. The summed E-state index contributed by atoms with van der Waals surface area (Å²) in [6.45, 7) is 0. The molecule has 0 saturated heterocycles. The Balaban J connectivity index is 0.862. The fourth-order valence-corrected chi connectivity index (χ4v) is 17.1. The van der Waals surface area contributed by atoms with Crippen LogP contribution in [0.5, 0.6) is 0 Å². The summed E-state index contributed by atoms with van der Waals surface area (Å²) in [6.07, 6.45) is 0. The van der Waals surface area contributed by atoms with Crippen molar-refractivity contribution >= 4 is 72.4 Å². The maximum Gasteiger partial charge on any atom is 0.182 e. The van der Waals surface area contributed by atoms with Crippen molar-refractivity contribution in [1.29, 1.82) is 0 Å². The van der Waals surface area contributed by atoms with Crippen molar-refractivity contribution in [2.45, 2.75) is 0 Å². The van der Waals surface area contributed by atoms with Crippen LogP contribution in [0.2, 0.25) is 0 Å². The van der Waals surface area contributed by atoms with E-state index >= 15 is 0 Å². The second-order valence-electron chi connectivity index (χ2n) is 17.2. The molecule has 0 N–H and O–H groups in total. The van der Waals surface area contributed by atoms with Crippen LogP contribution in [-0.2, 0) is 0 Å². The molecule has 292 valence electrons. The average Bonchev–Trinajstić information content (AvgIpc) is 4.06. The highest BCUT2D eigenvalue weighted by atomic mass is 28.3. The molecule has 12 aromatic rings. The Hall–Kier alpha value is -7.98. The summed E-state index contributed by atoms with van der Waals surface area (Å²) in [4.78, 5) is 0. The molecule has 10 aromatic carbocycles. The first-order chi connectivity index (χ1) is 31.3. The molecule has 0 unspecified atom stereocenters. The van der Waals surface area contributed by atoms with Crippen molar-refractivity contribution < 1.29 is 0 Å². The van der Waals surface area contributed by atoms with Gasteiger partial charge in [-0.2, -0.15) is 0 Å². The maximum absolute atomic E-state index is 2.47. The molecule has 2 aliphatic heterocycles. The lowest BCUT2D eigenvalue weighted by atomic mass is 9.99. The third kappa shape index (κ3) is 4.72. The smallest absolute Gasteiger partial charge is 0.182 e. The van der Waals surface area contributed by atoms with Crippen LogP contribution < -0.4 is 20.7 Å². The summed E-state index contributed by atoms with van der Waals surface area (Å²) < 4.78 is 4.81. The van der Waals surface area contributed by atoms with Crippen LogP contribution >= 0.6 is 0 Å². The summed E-state index contributed by atoms with van der Waals surface area (Å²) >= 11 is 0. The third-order valence-corrected chi connectivity index (χ3v) is 19.1. The Kier molecular flexibility index (Phi) is 7.17. The van der Waals surface area contributed by atoms with Crippen molar-refractivity contribution in [1.82, 2.24) is 9.13 Å². The standard InChI is InChI=1S/C60H38N2Si/c1-2-14-43(15-3-1)61-53-21-9-4-16-45(53)50-36-41(28-33-55(50)61)42-29-34-56-51(37-42)46-17-5-10-22-54(46)62(56)44-31-26-39(27-32-44)40-30-35-60-52(38-40)49-20-8-13-25-59(49)63(60)57-23-11-6-18-47(57)48-19-7-12-24-58(48)63/h1-38H. The molecule has 63 heavy (non-hydrogen) atoms. The van der Waals surface area contributed by atoms with Gasteiger partial charge >= 0.3 is 0 Å². The monoisotopic (exact) mass is 814 g/mol. The quantitative estimate of drug-likeness (QED) is 0.157. The number of aromatic nitrogens is 2. The molecule has 0 radical (unpaired) electrons. The van der Waals surface area contributed by atoms with Crippen molar-refractivity contribution in [3.05, 3.63) is 231 Å². The van der Waals surface area contributed by atoms with E-state index in [0.717, 1.165) is 5.69 Å². The lowest BCUT2D eigenvalue weighted by molar-refractivity contribution is 1.18. The molecular formula is C60H38N2Si. The number of rotatable bonds is 4.